The minimum absolute atomic E-state index is 0.752. The second-order valence-electron chi connectivity index (χ2n) is 4.60. The molecule has 0 fully saturated rings. The van der Waals surface area contributed by atoms with Crippen LogP contribution in [0.2, 0.25) is 0 Å². The molecule has 1 N–H and O–H groups in total. The fourth-order valence-corrected chi connectivity index (χ4v) is 3.03. The molecule has 0 radical (unpaired) electrons. The number of aromatic nitrogens is 3. The Balaban J connectivity index is 1.92. The Bertz CT molecular complexity index is 784. The highest BCUT2D eigenvalue weighted by atomic mass is 32.1. The first kappa shape index (κ1) is 12.8. The summed E-state index contributed by atoms with van der Waals surface area (Å²) in [5, 5.41) is 5.32. The van der Waals surface area contributed by atoms with Gasteiger partial charge in [-0.2, -0.15) is 5.10 Å². The Morgan fingerprint density at radius 3 is 2.95 bits per heavy atom. The van der Waals surface area contributed by atoms with Crippen molar-refractivity contribution in [3.8, 4) is 0 Å². The second kappa shape index (κ2) is 5.05. The van der Waals surface area contributed by atoms with Gasteiger partial charge < -0.3 is 4.57 Å². The summed E-state index contributed by atoms with van der Waals surface area (Å²) in [5.74, 6) is 0.752. The van der Waals surface area contributed by atoms with E-state index in [4.69, 9.17) is 0 Å². The monoisotopic (exact) mass is 285 g/mol. The number of hydrogen-bond acceptors (Lipinski definition) is 5. The highest BCUT2D eigenvalue weighted by Gasteiger charge is 2.11. The number of hydrazone groups is 1. The highest BCUT2D eigenvalue weighted by molar-refractivity contribution is 7.18. The molecule has 0 amide bonds. The van der Waals surface area contributed by atoms with Crippen LogP contribution >= 0.6 is 11.3 Å². The average molecular weight is 285 g/mol. The molecule has 0 saturated carbocycles. The van der Waals surface area contributed by atoms with Gasteiger partial charge in [0.1, 0.15) is 11.2 Å². The lowest BCUT2D eigenvalue weighted by molar-refractivity contribution is 0.918. The van der Waals surface area contributed by atoms with Gasteiger partial charge in [0.05, 0.1) is 17.3 Å². The van der Waals surface area contributed by atoms with Gasteiger partial charge >= 0.3 is 0 Å². The number of rotatable bonds is 3. The maximum atomic E-state index is 4.31. The Hall–Kier alpha value is -2.21. The van der Waals surface area contributed by atoms with Crippen molar-refractivity contribution in [2.45, 2.75) is 13.8 Å². The Kier molecular flexibility index (Phi) is 3.23. The molecular weight excluding hydrogens is 270 g/mol. The van der Waals surface area contributed by atoms with E-state index < -0.39 is 0 Å². The van der Waals surface area contributed by atoms with Gasteiger partial charge in [-0.3, -0.25) is 5.43 Å². The first-order valence-electron chi connectivity index (χ1n) is 6.28. The molecule has 0 saturated heterocycles. The third-order valence-electron chi connectivity index (χ3n) is 3.32. The van der Waals surface area contributed by atoms with Gasteiger partial charge in [-0.15, -0.1) is 11.3 Å². The SMILES string of the molecule is Cc1sc2ncnc(N/N=C/c3cccn3C)c2c1C. The number of nitrogens with one attached hydrogen (secondary N) is 1. The van der Waals surface area contributed by atoms with Crippen LogP contribution in [0.15, 0.2) is 29.8 Å². The molecule has 20 heavy (non-hydrogen) atoms. The van der Waals surface area contributed by atoms with E-state index in [9.17, 15) is 0 Å². The molecular formula is C14H15N5S. The summed E-state index contributed by atoms with van der Waals surface area (Å²) in [6.45, 7) is 4.18. The molecule has 0 aromatic carbocycles. The Morgan fingerprint density at radius 2 is 2.20 bits per heavy atom. The average Bonchev–Trinajstić information content (AvgIpc) is 2.96. The number of aryl methyl sites for hydroxylation is 3. The summed E-state index contributed by atoms with van der Waals surface area (Å²) >= 11 is 1.68. The molecule has 0 bridgehead atoms. The van der Waals surface area contributed by atoms with Crippen molar-refractivity contribution in [3.63, 3.8) is 0 Å². The zero-order valence-electron chi connectivity index (χ0n) is 11.6. The first-order valence-corrected chi connectivity index (χ1v) is 7.09. The van der Waals surface area contributed by atoms with Crippen LogP contribution in [0.25, 0.3) is 10.2 Å². The second-order valence-corrected chi connectivity index (χ2v) is 5.80. The van der Waals surface area contributed by atoms with Crippen molar-refractivity contribution in [2.24, 2.45) is 12.1 Å². The molecule has 102 valence electrons. The fourth-order valence-electron chi connectivity index (χ4n) is 2.04. The summed E-state index contributed by atoms with van der Waals surface area (Å²) in [4.78, 5) is 10.8. The highest BCUT2D eigenvalue weighted by Crippen LogP contribution is 2.32. The number of fused-ring (bicyclic) bond motifs is 1. The van der Waals surface area contributed by atoms with E-state index in [1.165, 1.54) is 10.4 Å². The van der Waals surface area contributed by atoms with E-state index in [0.717, 1.165) is 21.7 Å². The largest absolute Gasteiger partial charge is 0.350 e. The molecule has 0 atom stereocenters. The molecule has 3 aromatic rings. The summed E-state index contributed by atoms with van der Waals surface area (Å²) in [6.07, 6.45) is 5.33. The van der Waals surface area contributed by atoms with Crippen molar-refractivity contribution < 1.29 is 0 Å². The van der Waals surface area contributed by atoms with Crippen LogP contribution in [0.1, 0.15) is 16.1 Å². The summed E-state index contributed by atoms with van der Waals surface area (Å²) in [6, 6.07) is 3.98. The van der Waals surface area contributed by atoms with E-state index in [0.29, 0.717) is 0 Å². The van der Waals surface area contributed by atoms with E-state index >= 15 is 0 Å². The molecule has 0 aliphatic rings. The summed E-state index contributed by atoms with van der Waals surface area (Å²) in [7, 11) is 1.98. The molecule has 3 aromatic heterocycles. The van der Waals surface area contributed by atoms with Gasteiger partial charge in [0.15, 0.2) is 5.82 Å². The lowest BCUT2D eigenvalue weighted by atomic mass is 10.2. The third-order valence-corrected chi connectivity index (χ3v) is 4.43. The Morgan fingerprint density at radius 1 is 1.35 bits per heavy atom. The third kappa shape index (κ3) is 2.18. The molecule has 0 spiro atoms. The minimum Gasteiger partial charge on any atom is -0.350 e. The molecule has 0 aliphatic heterocycles. The lowest BCUT2D eigenvalue weighted by Gasteiger charge is -2.02. The summed E-state index contributed by atoms with van der Waals surface area (Å²) in [5.41, 5.74) is 5.26. The number of nitrogens with zero attached hydrogens (tertiary/aromatic N) is 4. The number of hydrogen-bond donors (Lipinski definition) is 1. The quantitative estimate of drug-likeness (QED) is 0.594. The van der Waals surface area contributed by atoms with Gasteiger partial charge in [0.25, 0.3) is 0 Å². The zero-order valence-corrected chi connectivity index (χ0v) is 12.4. The van der Waals surface area contributed by atoms with Gasteiger partial charge in [0.2, 0.25) is 0 Å². The van der Waals surface area contributed by atoms with Crippen molar-refractivity contribution in [3.05, 3.63) is 40.8 Å². The summed E-state index contributed by atoms with van der Waals surface area (Å²) < 4.78 is 2.00. The minimum atomic E-state index is 0.752. The fraction of sp³-hybridized carbons (Fsp3) is 0.214. The van der Waals surface area contributed by atoms with Crippen LogP contribution in [0.3, 0.4) is 0 Å². The van der Waals surface area contributed by atoms with Crippen LogP contribution < -0.4 is 5.43 Å². The van der Waals surface area contributed by atoms with E-state index in [1.807, 2.05) is 29.9 Å². The van der Waals surface area contributed by atoms with Crippen molar-refractivity contribution >= 4 is 33.6 Å². The van der Waals surface area contributed by atoms with Crippen LogP contribution in [0.5, 0.6) is 0 Å². The number of thiophene rings is 1. The van der Waals surface area contributed by atoms with Gasteiger partial charge in [-0.25, -0.2) is 9.97 Å². The van der Waals surface area contributed by atoms with Crippen molar-refractivity contribution in [1.29, 1.82) is 0 Å². The predicted octanol–water partition coefficient (Wildman–Crippen LogP) is 3.09. The maximum absolute atomic E-state index is 4.31. The standard InChI is InChI=1S/C14H15N5S/c1-9-10(2)20-14-12(9)13(15-8-16-14)18-17-7-11-5-4-6-19(11)3/h4-8H,1-3H3,(H,15,16,18)/b17-7+. The van der Waals surface area contributed by atoms with Gasteiger partial charge in [0, 0.05) is 18.1 Å². The smallest absolute Gasteiger partial charge is 0.158 e. The van der Waals surface area contributed by atoms with Gasteiger partial charge in [-0.1, -0.05) is 0 Å². The van der Waals surface area contributed by atoms with Crippen LogP contribution in [-0.4, -0.2) is 20.7 Å². The number of anilines is 1. The maximum Gasteiger partial charge on any atom is 0.158 e. The lowest BCUT2D eigenvalue weighted by Crippen LogP contribution is -1.98. The van der Waals surface area contributed by atoms with E-state index in [-0.39, 0.29) is 0 Å². The van der Waals surface area contributed by atoms with Crippen LogP contribution in [0, 0.1) is 13.8 Å². The van der Waals surface area contributed by atoms with Crippen molar-refractivity contribution in [2.75, 3.05) is 5.43 Å². The van der Waals surface area contributed by atoms with Crippen LogP contribution in [0.4, 0.5) is 5.82 Å². The molecule has 3 heterocycles. The topological polar surface area (TPSA) is 55.1 Å². The molecule has 5 nitrogen and oxygen atoms in total. The molecule has 6 heteroatoms. The van der Waals surface area contributed by atoms with Crippen LogP contribution in [-0.2, 0) is 7.05 Å². The normalized spacial score (nSPS) is 11.6. The molecule has 0 aliphatic carbocycles. The Labute approximate surface area is 121 Å². The molecule has 0 unspecified atom stereocenters. The van der Waals surface area contributed by atoms with E-state index in [1.54, 1.807) is 23.9 Å². The zero-order chi connectivity index (χ0) is 14.1. The van der Waals surface area contributed by atoms with Gasteiger partial charge in [-0.05, 0) is 31.5 Å². The predicted molar refractivity (Wildman–Crippen MR) is 83.5 cm³/mol. The molecule has 3 rings (SSSR count). The van der Waals surface area contributed by atoms with E-state index in [2.05, 4.69) is 34.3 Å². The van der Waals surface area contributed by atoms with Crippen molar-refractivity contribution in [1.82, 2.24) is 14.5 Å². The first-order chi connectivity index (χ1) is 9.66.